The van der Waals surface area contributed by atoms with E-state index in [0.717, 1.165) is 6.42 Å². The van der Waals surface area contributed by atoms with Crippen molar-refractivity contribution in [3.63, 3.8) is 0 Å². The lowest BCUT2D eigenvalue weighted by atomic mass is 9.78. The SMILES string of the molecule is COC(=O)c1ccc(NC(=O)[C@@H]2N[C@@H](CC(C)(C)C)C(C)[C@H]2C(/C=C\C=C\Cl)=C\F)nc1. The van der Waals surface area contributed by atoms with Gasteiger partial charge in [0.2, 0.25) is 5.91 Å². The lowest BCUT2D eigenvalue weighted by molar-refractivity contribution is -0.118. The Hall–Kier alpha value is -2.51. The lowest BCUT2D eigenvalue weighted by Crippen LogP contribution is -2.43. The molecule has 2 N–H and O–H groups in total. The molecule has 8 heteroatoms. The molecule has 1 aliphatic rings. The largest absolute Gasteiger partial charge is 0.465 e. The summed E-state index contributed by atoms with van der Waals surface area (Å²) in [6.07, 6.45) is 7.57. The summed E-state index contributed by atoms with van der Waals surface area (Å²) in [5.74, 6) is -0.922. The van der Waals surface area contributed by atoms with Crippen molar-refractivity contribution in [3.05, 3.63) is 59.6 Å². The summed E-state index contributed by atoms with van der Waals surface area (Å²) >= 11 is 5.56. The number of methoxy groups -OCH3 is 1. The number of anilines is 1. The van der Waals surface area contributed by atoms with Crippen LogP contribution in [-0.2, 0) is 9.53 Å². The fraction of sp³-hybridized carbons (Fsp3) is 0.458. The molecule has 0 aliphatic carbocycles. The van der Waals surface area contributed by atoms with Gasteiger partial charge in [-0.1, -0.05) is 57.5 Å². The highest BCUT2D eigenvalue weighted by molar-refractivity contribution is 6.25. The molecular formula is C24H31ClFN3O3. The lowest BCUT2D eigenvalue weighted by Gasteiger charge is -2.27. The van der Waals surface area contributed by atoms with Gasteiger partial charge in [-0.05, 0) is 35.5 Å². The van der Waals surface area contributed by atoms with Crippen LogP contribution in [0.1, 0.15) is 44.5 Å². The first-order chi connectivity index (χ1) is 15.1. The Labute approximate surface area is 194 Å². The van der Waals surface area contributed by atoms with Crippen LogP contribution in [-0.4, -0.2) is 36.1 Å². The zero-order chi connectivity index (χ0) is 23.9. The Morgan fingerprint density at radius 1 is 1.31 bits per heavy atom. The maximum atomic E-state index is 13.9. The quantitative estimate of drug-likeness (QED) is 0.439. The molecule has 4 atom stereocenters. The first kappa shape index (κ1) is 25.7. The third-order valence-corrected chi connectivity index (χ3v) is 5.63. The minimum atomic E-state index is -0.661. The van der Waals surface area contributed by atoms with Gasteiger partial charge >= 0.3 is 5.97 Å². The van der Waals surface area contributed by atoms with Crippen molar-refractivity contribution in [3.8, 4) is 0 Å². The van der Waals surface area contributed by atoms with E-state index < -0.39 is 12.0 Å². The molecule has 1 unspecified atom stereocenters. The van der Waals surface area contributed by atoms with Crippen LogP contribution in [0.4, 0.5) is 10.2 Å². The molecule has 0 spiro atoms. The van der Waals surface area contributed by atoms with E-state index in [1.54, 1.807) is 18.2 Å². The number of rotatable bonds is 7. The molecule has 174 valence electrons. The van der Waals surface area contributed by atoms with Gasteiger partial charge in [0.25, 0.3) is 0 Å². The third kappa shape index (κ3) is 6.74. The molecule has 1 aromatic heterocycles. The predicted molar refractivity (Wildman–Crippen MR) is 125 cm³/mol. The van der Waals surface area contributed by atoms with Crippen molar-refractivity contribution in [2.24, 2.45) is 17.3 Å². The van der Waals surface area contributed by atoms with E-state index in [9.17, 15) is 14.0 Å². The number of carbonyl (C=O) groups excluding carboxylic acids is 2. The summed E-state index contributed by atoms with van der Waals surface area (Å²) in [4.78, 5) is 28.9. The molecule has 32 heavy (non-hydrogen) atoms. The number of hydrogen-bond acceptors (Lipinski definition) is 5. The number of ether oxygens (including phenoxy) is 1. The number of halogens is 2. The monoisotopic (exact) mass is 463 g/mol. The van der Waals surface area contributed by atoms with Crippen molar-refractivity contribution >= 4 is 29.3 Å². The third-order valence-electron chi connectivity index (χ3n) is 5.49. The molecule has 0 bridgehead atoms. The average molecular weight is 464 g/mol. The number of carbonyl (C=O) groups is 2. The van der Waals surface area contributed by atoms with Gasteiger partial charge in [-0.25, -0.2) is 14.2 Å². The highest BCUT2D eigenvalue weighted by atomic mass is 35.5. The van der Waals surface area contributed by atoms with E-state index in [1.165, 1.54) is 31.0 Å². The van der Waals surface area contributed by atoms with E-state index in [0.29, 0.717) is 17.7 Å². The minimum absolute atomic E-state index is 0.00580. The van der Waals surface area contributed by atoms with Crippen molar-refractivity contribution in [1.29, 1.82) is 0 Å². The number of amides is 1. The fourth-order valence-corrected chi connectivity index (χ4v) is 4.10. The number of nitrogens with one attached hydrogen (secondary N) is 2. The van der Waals surface area contributed by atoms with Crippen molar-refractivity contribution in [2.45, 2.75) is 46.2 Å². The maximum Gasteiger partial charge on any atom is 0.339 e. The van der Waals surface area contributed by atoms with Crippen LogP contribution in [0, 0.1) is 17.3 Å². The zero-order valence-corrected chi connectivity index (χ0v) is 19.8. The first-order valence-electron chi connectivity index (χ1n) is 10.5. The maximum absolute atomic E-state index is 13.9. The Balaban J connectivity index is 2.28. The summed E-state index contributed by atoms with van der Waals surface area (Å²) in [5.41, 5.74) is 2.05. The Morgan fingerprint density at radius 2 is 2.03 bits per heavy atom. The zero-order valence-electron chi connectivity index (χ0n) is 19.1. The van der Waals surface area contributed by atoms with Crippen LogP contribution >= 0.6 is 11.6 Å². The van der Waals surface area contributed by atoms with Gasteiger partial charge in [0.15, 0.2) is 0 Å². The number of allylic oxidation sites excluding steroid dienone is 3. The highest BCUT2D eigenvalue weighted by Crippen LogP contribution is 2.39. The summed E-state index contributed by atoms with van der Waals surface area (Å²) < 4.78 is 18.6. The van der Waals surface area contributed by atoms with E-state index in [2.05, 4.69) is 41.1 Å². The molecule has 0 radical (unpaired) electrons. The number of nitrogens with zero attached hydrogens (tertiary/aromatic N) is 1. The van der Waals surface area contributed by atoms with Crippen molar-refractivity contribution < 1.29 is 18.7 Å². The van der Waals surface area contributed by atoms with Crippen molar-refractivity contribution in [1.82, 2.24) is 10.3 Å². The number of aromatic nitrogens is 1. The van der Waals surface area contributed by atoms with Gasteiger partial charge in [-0.3, -0.25) is 4.79 Å². The number of hydrogen-bond donors (Lipinski definition) is 2. The van der Waals surface area contributed by atoms with E-state index in [1.807, 2.05) is 6.92 Å². The van der Waals surface area contributed by atoms with Gasteiger partial charge in [0.1, 0.15) is 5.82 Å². The number of pyridine rings is 1. The molecule has 1 aliphatic heterocycles. The second kappa shape index (κ2) is 11.4. The molecule has 1 saturated heterocycles. The molecular weight excluding hydrogens is 433 g/mol. The summed E-state index contributed by atoms with van der Waals surface area (Å²) in [6, 6.07) is 2.41. The topological polar surface area (TPSA) is 80.3 Å². The first-order valence-corrected chi connectivity index (χ1v) is 10.9. The molecule has 0 saturated carbocycles. The molecule has 1 amide bonds. The van der Waals surface area contributed by atoms with Gasteiger partial charge in [-0.2, -0.15) is 0 Å². The summed E-state index contributed by atoms with van der Waals surface area (Å²) in [5, 5.41) is 6.19. The average Bonchev–Trinajstić information content (AvgIpc) is 3.06. The van der Waals surface area contributed by atoms with Crippen LogP contribution in [0.15, 0.2) is 54.0 Å². The van der Waals surface area contributed by atoms with Crippen LogP contribution in [0.3, 0.4) is 0 Å². The normalized spacial score (nSPS) is 24.3. The standard InChI is InChI=1S/C24H31ClFN3O3/c1-15-18(12-24(2,3)4)28-21(20(15)16(13-26)8-6-7-11-25)22(30)29-19-10-9-17(14-27-19)23(31)32-5/h6-11,13-15,18,20-21,28H,12H2,1-5H3,(H,27,29,30)/b8-6-,11-7+,16-13-/t15?,18-,20-,21+/m0/s1. The molecule has 2 heterocycles. The smallest absolute Gasteiger partial charge is 0.339 e. The van der Waals surface area contributed by atoms with Crippen LogP contribution < -0.4 is 10.6 Å². The molecule has 0 aromatic carbocycles. The molecule has 2 rings (SSSR count). The predicted octanol–water partition coefficient (Wildman–Crippen LogP) is 5.00. The minimum Gasteiger partial charge on any atom is -0.465 e. The van der Waals surface area contributed by atoms with Crippen LogP contribution in [0.2, 0.25) is 0 Å². The molecule has 1 fully saturated rings. The van der Waals surface area contributed by atoms with Gasteiger partial charge < -0.3 is 15.4 Å². The van der Waals surface area contributed by atoms with Crippen LogP contribution in [0.5, 0.6) is 0 Å². The summed E-state index contributed by atoms with van der Waals surface area (Å²) in [6.45, 7) is 8.43. The second-order valence-corrected chi connectivity index (χ2v) is 9.35. The Kier molecular flexibility index (Phi) is 9.16. The fourth-order valence-electron chi connectivity index (χ4n) is 4.02. The second-order valence-electron chi connectivity index (χ2n) is 9.10. The van der Waals surface area contributed by atoms with Crippen LogP contribution in [0.25, 0.3) is 0 Å². The number of esters is 1. The van der Waals surface area contributed by atoms with Gasteiger partial charge in [-0.15, -0.1) is 0 Å². The van der Waals surface area contributed by atoms with Crippen molar-refractivity contribution in [2.75, 3.05) is 12.4 Å². The van der Waals surface area contributed by atoms with E-state index in [-0.39, 0.29) is 34.8 Å². The van der Waals surface area contributed by atoms with Gasteiger partial charge in [0, 0.05) is 23.7 Å². The Bertz CT molecular complexity index is 891. The Morgan fingerprint density at radius 3 is 2.56 bits per heavy atom. The molecule has 1 aromatic rings. The molecule has 6 nitrogen and oxygen atoms in total. The van der Waals surface area contributed by atoms with E-state index in [4.69, 9.17) is 11.6 Å². The summed E-state index contributed by atoms with van der Waals surface area (Å²) in [7, 11) is 1.28. The van der Waals surface area contributed by atoms with Gasteiger partial charge in [0.05, 0.1) is 25.0 Å². The van der Waals surface area contributed by atoms with E-state index >= 15 is 0 Å². The highest BCUT2D eigenvalue weighted by Gasteiger charge is 2.46.